The number of hydrogen-bond acceptors (Lipinski definition) is 4. The number of carbonyl (C=O) groups excluding carboxylic acids is 2. The largest absolute Gasteiger partial charge is 0.458 e. The summed E-state index contributed by atoms with van der Waals surface area (Å²) in [5, 5.41) is 0. The van der Waals surface area contributed by atoms with Crippen LogP contribution in [-0.2, 0) is 11.2 Å². The first-order chi connectivity index (χ1) is 7.58. The summed E-state index contributed by atoms with van der Waals surface area (Å²) in [5.74, 6) is -0.330. The first-order valence-electron chi connectivity index (χ1n) is 5.32. The predicted octanol–water partition coefficient (Wildman–Crippen LogP) is 1.78. The van der Waals surface area contributed by atoms with E-state index in [1.807, 2.05) is 0 Å². The molecule has 0 saturated heterocycles. The van der Waals surface area contributed by atoms with Crippen molar-refractivity contribution in [3.8, 4) is 0 Å². The first-order valence-corrected chi connectivity index (χ1v) is 5.32. The predicted molar refractivity (Wildman–Crippen MR) is 57.4 cm³/mol. The Labute approximate surface area is 93.6 Å². The molecule has 1 aliphatic carbocycles. The Morgan fingerprint density at radius 2 is 2.12 bits per heavy atom. The van der Waals surface area contributed by atoms with Gasteiger partial charge in [0.1, 0.15) is 5.69 Å². The Kier molecular flexibility index (Phi) is 2.73. The molecule has 0 aliphatic heterocycles. The Hall–Kier alpha value is -1.71. The van der Waals surface area contributed by atoms with Crippen LogP contribution in [0, 0.1) is 0 Å². The van der Waals surface area contributed by atoms with Crippen molar-refractivity contribution in [1.82, 2.24) is 4.98 Å². The number of Topliss-reactive ketones (excluding diaryl/α,β-unsaturated/α-hetero) is 1. The zero-order valence-electron chi connectivity index (χ0n) is 9.32. The Morgan fingerprint density at radius 1 is 1.38 bits per heavy atom. The number of ether oxygens (including phenoxy) is 1. The highest BCUT2D eigenvalue weighted by Gasteiger charge is 2.22. The average Bonchev–Trinajstić information content (AvgIpc) is 2.59. The normalized spacial score (nSPS) is 14.1. The average molecular weight is 219 g/mol. The van der Waals surface area contributed by atoms with Crippen LogP contribution in [0.25, 0.3) is 0 Å². The second-order valence-corrected chi connectivity index (χ2v) is 4.07. The van der Waals surface area contributed by atoms with Gasteiger partial charge in [0.25, 0.3) is 0 Å². The summed E-state index contributed by atoms with van der Waals surface area (Å²) in [5.41, 5.74) is 1.63. The minimum absolute atomic E-state index is 0.103. The van der Waals surface area contributed by atoms with E-state index < -0.39 is 5.97 Å². The van der Waals surface area contributed by atoms with Gasteiger partial charge >= 0.3 is 5.97 Å². The summed E-state index contributed by atoms with van der Waals surface area (Å²) in [4.78, 5) is 27.1. The van der Waals surface area contributed by atoms with Gasteiger partial charge in [-0.2, -0.15) is 0 Å². The van der Waals surface area contributed by atoms with Gasteiger partial charge in [-0.3, -0.25) is 4.79 Å². The molecule has 0 atom stereocenters. The van der Waals surface area contributed by atoms with Gasteiger partial charge in [0.2, 0.25) is 0 Å². The van der Waals surface area contributed by atoms with Crippen LogP contribution in [0.4, 0.5) is 0 Å². The number of pyridine rings is 1. The van der Waals surface area contributed by atoms with E-state index in [1.54, 1.807) is 26.0 Å². The lowest BCUT2D eigenvalue weighted by atomic mass is 10.2. The van der Waals surface area contributed by atoms with Crippen molar-refractivity contribution in [2.24, 2.45) is 0 Å². The van der Waals surface area contributed by atoms with E-state index in [2.05, 4.69) is 4.98 Å². The molecule has 1 aromatic rings. The molecule has 16 heavy (non-hydrogen) atoms. The molecule has 84 valence electrons. The van der Waals surface area contributed by atoms with Gasteiger partial charge in [0, 0.05) is 12.0 Å². The second-order valence-electron chi connectivity index (χ2n) is 4.07. The van der Waals surface area contributed by atoms with Crippen LogP contribution in [0.2, 0.25) is 0 Å². The van der Waals surface area contributed by atoms with Crippen LogP contribution in [0.3, 0.4) is 0 Å². The van der Waals surface area contributed by atoms with Crippen molar-refractivity contribution in [1.29, 1.82) is 0 Å². The molecule has 2 rings (SSSR count). The number of carbonyl (C=O) groups is 2. The number of aromatic nitrogens is 1. The fourth-order valence-corrected chi connectivity index (χ4v) is 1.70. The molecule has 0 saturated carbocycles. The van der Waals surface area contributed by atoms with Gasteiger partial charge in [-0.1, -0.05) is 0 Å². The molecule has 4 heteroatoms. The maximum absolute atomic E-state index is 11.6. The number of esters is 1. The third-order valence-electron chi connectivity index (χ3n) is 2.42. The molecule has 0 unspecified atom stereocenters. The quantitative estimate of drug-likeness (QED) is 0.711. The highest BCUT2D eigenvalue weighted by Crippen LogP contribution is 2.20. The Morgan fingerprint density at radius 3 is 2.81 bits per heavy atom. The van der Waals surface area contributed by atoms with E-state index in [4.69, 9.17) is 4.74 Å². The molecule has 0 bridgehead atoms. The van der Waals surface area contributed by atoms with Gasteiger partial charge in [-0.25, -0.2) is 9.78 Å². The summed E-state index contributed by atoms with van der Waals surface area (Å²) >= 11 is 0. The minimum atomic E-state index is -0.433. The molecule has 0 amide bonds. The van der Waals surface area contributed by atoms with E-state index in [0.29, 0.717) is 24.1 Å². The highest BCUT2D eigenvalue weighted by molar-refractivity contribution is 6.00. The van der Waals surface area contributed by atoms with Crippen LogP contribution >= 0.6 is 0 Å². The van der Waals surface area contributed by atoms with Crippen LogP contribution < -0.4 is 0 Å². The van der Waals surface area contributed by atoms with Crippen molar-refractivity contribution in [3.05, 3.63) is 29.1 Å². The first kappa shape index (κ1) is 10.8. The summed E-state index contributed by atoms with van der Waals surface area (Å²) < 4.78 is 5.04. The summed E-state index contributed by atoms with van der Waals surface area (Å²) in [6, 6.07) is 3.21. The topological polar surface area (TPSA) is 56.3 Å². The number of nitrogens with zero attached hydrogens (tertiary/aromatic N) is 1. The maximum Gasteiger partial charge on any atom is 0.357 e. The lowest BCUT2D eigenvalue weighted by Crippen LogP contribution is -2.13. The highest BCUT2D eigenvalue weighted by atomic mass is 16.5. The van der Waals surface area contributed by atoms with E-state index in [-0.39, 0.29) is 17.6 Å². The van der Waals surface area contributed by atoms with Crippen molar-refractivity contribution < 1.29 is 14.3 Å². The number of rotatable bonds is 2. The Bertz CT molecular complexity index is 452. The minimum Gasteiger partial charge on any atom is -0.458 e. The van der Waals surface area contributed by atoms with Gasteiger partial charge in [-0.15, -0.1) is 0 Å². The molecule has 0 aromatic carbocycles. The van der Waals surface area contributed by atoms with Crippen LogP contribution in [-0.4, -0.2) is 22.8 Å². The lowest BCUT2D eigenvalue weighted by molar-refractivity contribution is 0.0370. The molecular weight excluding hydrogens is 206 g/mol. The molecule has 1 heterocycles. The van der Waals surface area contributed by atoms with Crippen molar-refractivity contribution in [2.75, 3.05) is 0 Å². The fraction of sp³-hybridized carbons (Fsp3) is 0.417. The molecule has 1 aliphatic rings. The van der Waals surface area contributed by atoms with E-state index in [9.17, 15) is 9.59 Å². The molecule has 1 aromatic heterocycles. The SMILES string of the molecule is CC(C)OC(=O)c1ccc2c(n1)CCC2=O. The van der Waals surface area contributed by atoms with Crippen molar-refractivity contribution in [2.45, 2.75) is 32.8 Å². The van der Waals surface area contributed by atoms with E-state index in [0.717, 1.165) is 0 Å². The lowest BCUT2D eigenvalue weighted by Gasteiger charge is -2.07. The van der Waals surface area contributed by atoms with Crippen LogP contribution in [0.5, 0.6) is 0 Å². The fourth-order valence-electron chi connectivity index (χ4n) is 1.70. The van der Waals surface area contributed by atoms with Gasteiger partial charge < -0.3 is 4.74 Å². The summed E-state index contributed by atoms with van der Waals surface area (Å²) in [7, 11) is 0. The van der Waals surface area contributed by atoms with Crippen molar-refractivity contribution in [3.63, 3.8) is 0 Å². The summed E-state index contributed by atoms with van der Waals surface area (Å²) in [6.07, 6.45) is 0.950. The van der Waals surface area contributed by atoms with E-state index >= 15 is 0 Å². The maximum atomic E-state index is 11.6. The monoisotopic (exact) mass is 219 g/mol. The standard InChI is InChI=1S/C12H13NO3/c1-7(2)16-12(15)10-4-3-8-9(13-10)5-6-11(8)14/h3-4,7H,5-6H2,1-2H3. The second kappa shape index (κ2) is 4.04. The molecular formula is C12H13NO3. The number of fused-ring (bicyclic) bond motifs is 1. The van der Waals surface area contributed by atoms with Crippen molar-refractivity contribution >= 4 is 11.8 Å². The zero-order chi connectivity index (χ0) is 11.7. The van der Waals surface area contributed by atoms with Gasteiger partial charge in [0.05, 0.1) is 11.8 Å². The third-order valence-corrected chi connectivity index (χ3v) is 2.42. The molecule has 4 nitrogen and oxygen atoms in total. The zero-order valence-corrected chi connectivity index (χ0v) is 9.32. The molecule has 0 spiro atoms. The van der Waals surface area contributed by atoms with Gasteiger partial charge in [0.15, 0.2) is 5.78 Å². The van der Waals surface area contributed by atoms with E-state index in [1.165, 1.54) is 0 Å². The van der Waals surface area contributed by atoms with Gasteiger partial charge in [-0.05, 0) is 32.4 Å². The third kappa shape index (κ3) is 1.96. The Balaban J connectivity index is 2.25. The smallest absolute Gasteiger partial charge is 0.357 e. The molecule has 0 radical (unpaired) electrons. The number of ketones is 1. The summed E-state index contributed by atoms with van der Waals surface area (Å²) in [6.45, 7) is 3.57. The number of aryl methyl sites for hydroxylation is 1. The molecule has 0 N–H and O–H groups in total. The number of hydrogen-bond donors (Lipinski definition) is 0. The molecule has 0 fully saturated rings. The van der Waals surface area contributed by atoms with Crippen LogP contribution in [0.15, 0.2) is 12.1 Å². The van der Waals surface area contributed by atoms with Crippen LogP contribution in [0.1, 0.15) is 46.8 Å².